The molecule has 0 saturated carbocycles. The van der Waals surface area contributed by atoms with Gasteiger partial charge in [0.1, 0.15) is 0 Å². The molecule has 0 spiro atoms. The zero-order valence-electron chi connectivity index (χ0n) is 13.9. The van der Waals surface area contributed by atoms with Crippen molar-refractivity contribution in [1.29, 1.82) is 0 Å². The molecule has 0 heterocycles. The molecule has 20 heavy (non-hydrogen) atoms. The Morgan fingerprint density at radius 1 is 1.15 bits per heavy atom. The highest BCUT2D eigenvalue weighted by Crippen LogP contribution is 2.24. The van der Waals surface area contributed by atoms with Gasteiger partial charge in [0.2, 0.25) is 11.8 Å². The summed E-state index contributed by atoms with van der Waals surface area (Å²) in [4.78, 5) is 27.6. The van der Waals surface area contributed by atoms with E-state index < -0.39 is 0 Å². The van der Waals surface area contributed by atoms with Gasteiger partial charge in [0.25, 0.3) is 0 Å². The molecule has 0 fully saturated rings. The summed E-state index contributed by atoms with van der Waals surface area (Å²) in [6.45, 7) is 11.9. The van der Waals surface area contributed by atoms with Gasteiger partial charge in [-0.2, -0.15) is 0 Å². The highest BCUT2D eigenvalue weighted by atomic mass is 16.2. The lowest BCUT2D eigenvalue weighted by molar-refractivity contribution is -0.141. The van der Waals surface area contributed by atoms with Gasteiger partial charge in [0, 0.05) is 26.7 Å². The number of carbonyl (C=O) groups is 2. The van der Waals surface area contributed by atoms with Crippen LogP contribution in [0, 0.1) is 11.3 Å². The summed E-state index contributed by atoms with van der Waals surface area (Å²) < 4.78 is 0. The molecule has 0 rings (SSSR count). The average molecular weight is 285 g/mol. The Labute approximate surface area is 123 Å². The van der Waals surface area contributed by atoms with E-state index in [0.29, 0.717) is 19.6 Å². The van der Waals surface area contributed by atoms with E-state index in [1.54, 1.807) is 11.9 Å². The molecule has 118 valence electrons. The van der Waals surface area contributed by atoms with E-state index in [2.05, 4.69) is 20.8 Å². The van der Waals surface area contributed by atoms with Crippen LogP contribution >= 0.6 is 0 Å². The number of likely N-dealkylation sites (N-methyl/N-ethyl adjacent to an activating group) is 2. The quantitative estimate of drug-likeness (QED) is 0.767. The van der Waals surface area contributed by atoms with Crippen LogP contribution in [-0.2, 0) is 9.59 Å². The van der Waals surface area contributed by atoms with Gasteiger partial charge in [0.15, 0.2) is 0 Å². The molecule has 0 saturated heterocycles. The zero-order chi connectivity index (χ0) is 15.9. The van der Waals surface area contributed by atoms with Crippen LogP contribution in [0.5, 0.6) is 0 Å². The first kappa shape index (κ1) is 18.9. The molecule has 0 aromatic heterocycles. The van der Waals surface area contributed by atoms with Crippen molar-refractivity contribution < 1.29 is 9.59 Å². The Bertz CT molecular complexity index is 320. The van der Waals surface area contributed by atoms with E-state index in [0.717, 1.165) is 6.42 Å². The van der Waals surface area contributed by atoms with E-state index >= 15 is 0 Å². The Balaban J connectivity index is 4.63. The molecule has 0 aromatic rings. The molecular formula is C15H31N3O2. The van der Waals surface area contributed by atoms with Crippen LogP contribution in [0.15, 0.2) is 0 Å². The number of nitrogens with two attached hydrogens (primary N) is 1. The molecule has 0 aliphatic heterocycles. The van der Waals surface area contributed by atoms with Crippen LogP contribution in [0.3, 0.4) is 0 Å². The van der Waals surface area contributed by atoms with Gasteiger partial charge in [-0.05, 0) is 25.7 Å². The summed E-state index contributed by atoms with van der Waals surface area (Å²) in [5, 5.41) is 0. The largest absolute Gasteiger partial charge is 0.342 e. The van der Waals surface area contributed by atoms with Crippen molar-refractivity contribution in [2.45, 2.75) is 41.0 Å². The monoisotopic (exact) mass is 285 g/mol. The van der Waals surface area contributed by atoms with Crippen LogP contribution < -0.4 is 5.73 Å². The predicted molar refractivity (Wildman–Crippen MR) is 82.2 cm³/mol. The molecule has 2 N–H and O–H groups in total. The normalized spacial score (nSPS) is 12.9. The second-order valence-electron chi connectivity index (χ2n) is 6.46. The Morgan fingerprint density at radius 2 is 1.65 bits per heavy atom. The second kappa shape index (κ2) is 8.25. The Hall–Kier alpha value is -1.10. The smallest absolute Gasteiger partial charge is 0.242 e. The van der Waals surface area contributed by atoms with Gasteiger partial charge in [-0.3, -0.25) is 9.59 Å². The van der Waals surface area contributed by atoms with Gasteiger partial charge in [0.05, 0.1) is 12.5 Å². The lowest BCUT2D eigenvalue weighted by atomic mass is 9.84. The molecule has 1 atom stereocenters. The van der Waals surface area contributed by atoms with Gasteiger partial charge in [-0.25, -0.2) is 0 Å². The Kier molecular flexibility index (Phi) is 7.79. The van der Waals surface area contributed by atoms with Crippen molar-refractivity contribution in [3.63, 3.8) is 0 Å². The van der Waals surface area contributed by atoms with Crippen LogP contribution in [0.1, 0.15) is 41.0 Å². The standard InChI is InChI=1S/C15H31N3O2/c1-7-18(8-2)13(19)11-17(6)14(20)12(10-16)9-15(3,4)5/h12H,7-11,16H2,1-6H3. The maximum atomic E-state index is 12.4. The third-order valence-electron chi connectivity index (χ3n) is 3.36. The second-order valence-corrected chi connectivity index (χ2v) is 6.46. The minimum Gasteiger partial charge on any atom is -0.342 e. The predicted octanol–water partition coefficient (Wildman–Crippen LogP) is 1.32. The lowest BCUT2D eigenvalue weighted by Crippen LogP contribution is -2.44. The number of hydrogen-bond acceptors (Lipinski definition) is 3. The van der Waals surface area contributed by atoms with E-state index in [-0.39, 0.29) is 29.7 Å². The maximum Gasteiger partial charge on any atom is 0.242 e. The third kappa shape index (κ3) is 6.37. The molecule has 0 bridgehead atoms. The van der Waals surface area contributed by atoms with Crippen LogP contribution in [0.25, 0.3) is 0 Å². The molecule has 0 radical (unpaired) electrons. The molecule has 0 aromatic carbocycles. The summed E-state index contributed by atoms with van der Waals surface area (Å²) in [7, 11) is 1.68. The van der Waals surface area contributed by atoms with Crippen molar-refractivity contribution in [2.24, 2.45) is 17.1 Å². The van der Waals surface area contributed by atoms with Crippen molar-refractivity contribution >= 4 is 11.8 Å². The highest BCUT2D eigenvalue weighted by molar-refractivity contribution is 5.85. The van der Waals surface area contributed by atoms with Crippen LogP contribution in [-0.4, -0.2) is 54.8 Å². The molecule has 0 aliphatic carbocycles. The lowest BCUT2D eigenvalue weighted by Gasteiger charge is -2.29. The fraction of sp³-hybridized carbons (Fsp3) is 0.867. The minimum absolute atomic E-state index is 0.0163. The average Bonchev–Trinajstić information content (AvgIpc) is 2.35. The van der Waals surface area contributed by atoms with Crippen LogP contribution in [0.4, 0.5) is 0 Å². The van der Waals surface area contributed by atoms with Gasteiger partial charge < -0.3 is 15.5 Å². The zero-order valence-corrected chi connectivity index (χ0v) is 13.9. The molecule has 0 aliphatic rings. The first-order valence-electron chi connectivity index (χ1n) is 7.39. The molecular weight excluding hydrogens is 254 g/mol. The van der Waals surface area contributed by atoms with E-state index in [1.807, 2.05) is 13.8 Å². The minimum atomic E-state index is -0.218. The summed E-state index contributed by atoms with van der Waals surface area (Å²) in [6, 6.07) is 0. The number of rotatable bonds is 7. The van der Waals surface area contributed by atoms with Gasteiger partial charge in [-0.15, -0.1) is 0 Å². The third-order valence-corrected chi connectivity index (χ3v) is 3.36. The van der Waals surface area contributed by atoms with Gasteiger partial charge in [-0.1, -0.05) is 20.8 Å². The summed E-state index contributed by atoms with van der Waals surface area (Å²) in [6.07, 6.45) is 0.728. The van der Waals surface area contributed by atoms with Crippen molar-refractivity contribution in [2.75, 3.05) is 33.2 Å². The molecule has 5 nitrogen and oxygen atoms in total. The topological polar surface area (TPSA) is 66.6 Å². The summed E-state index contributed by atoms with van der Waals surface area (Å²) in [5.41, 5.74) is 5.76. The summed E-state index contributed by atoms with van der Waals surface area (Å²) >= 11 is 0. The highest BCUT2D eigenvalue weighted by Gasteiger charge is 2.27. The fourth-order valence-corrected chi connectivity index (χ4v) is 2.28. The van der Waals surface area contributed by atoms with Crippen LogP contribution in [0.2, 0.25) is 0 Å². The maximum absolute atomic E-state index is 12.4. The van der Waals surface area contributed by atoms with E-state index in [9.17, 15) is 9.59 Å². The van der Waals surface area contributed by atoms with Crippen molar-refractivity contribution in [3.8, 4) is 0 Å². The first-order chi connectivity index (χ1) is 9.16. The van der Waals surface area contributed by atoms with E-state index in [4.69, 9.17) is 5.73 Å². The van der Waals surface area contributed by atoms with Crippen molar-refractivity contribution in [1.82, 2.24) is 9.80 Å². The SMILES string of the molecule is CCN(CC)C(=O)CN(C)C(=O)C(CN)CC(C)(C)C. The molecule has 1 unspecified atom stereocenters. The number of hydrogen-bond donors (Lipinski definition) is 1. The summed E-state index contributed by atoms with van der Waals surface area (Å²) in [5.74, 6) is -0.273. The number of carbonyl (C=O) groups excluding carboxylic acids is 2. The number of nitrogens with zero attached hydrogens (tertiary/aromatic N) is 2. The van der Waals surface area contributed by atoms with Gasteiger partial charge >= 0.3 is 0 Å². The Morgan fingerprint density at radius 3 is 2.00 bits per heavy atom. The fourth-order valence-electron chi connectivity index (χ4n) is 2.28. The van der Waals surface area contributed by atoms with E-state index in [1.165, 1.54) is 4.90 Å². The number of amides is 2. The molecule has 5 heteroatoms. The first-order valence-corrected chi connectivity index (χ1v) is 7.39. The van der Waals surface area contributed by atoms with Crippen molar-refractivity contribution in [3.05, 3.63) is 0 Å². The molecule has 2 amide bonds.